The Labute approximate surface area is 68.9 Å². The van der Waals surface area contributed by atoms with E-state index in [1.807, 2.05) is 0 Å². The van der Waals surface area contributed by atoms with Gasteiger partial charge >= 0.3 is 5.97 Å². The smallest absolute Gasteiger partial charge is 0.316 e. The molecule has 0 aromatic heterocycles. The van der Waals surface area contributed by atoms with Crippen LogP contribution in [0.2, 0.25) is 0 Å². The van der Waals surface area contributed by atoms with E-state index >= 15 is 0 Å². The average molecular weight is 172 g/mol. The minimum absolute atomic E-state index is 0.187. The van der Waals surface area contributed by atoms with Crippen LogP contribution in [0.3, 0.4) is 0 Å². The van der Waals surface area contributed by atoms with Crippen LogP contribution in [-0.4, -0.2) is 24.5 Å². The van der Waals surface area contributed by atoms with Gasteiger partial charge in [0.2, 0.25) is 6.54 Å². The topological polar surface area (TPSA) is 93.2 Å². The third-order valence-electron chi connectivity index (χ3n) is 1.24. The number of esters is 1. The first-order chi connectivity index (χ1) is 5.61. The van der Waals surface area contributed by atoms with Crippen LogP contribution in [0.15, 0.2) is 0 Å². The first-order valence-corrected chi connectivity index (χ1v) is 3.18. The van der Waals surface area contributed by atoms with Crippen molar-refractivity contribution in [3.63, 3.8) is 0 Å². The lowest BCUT2D eigenvalue weighted by Gasteiger charge is -2.04. The van der Waals surface area contributed by atoms with Gasteiger partial charge in [0.05, 0.1) is 19.6 Å². The van der Waals surface area contributed by atoms with Crippen LogP contribution in [0.5, 0.6) is 0 Å². The van der Waals surface area contributed by atoms with Gasteiger partial charge in [-0.3, -0.25) is 14.9 Å². The monoisotopic (exact) mass is 172 g/mol. The summed E-state index contributed by atoms with van der Waals surface area (Å²) in [6.07, 6.45) is -0.187. The molecule has 0 rings (SSSR count). The zero-order valence-electron chi connectivity index (χ0n) is 6.52. The number of ether oxygens (including phenoxy) is 1. The molecule has 0 saturated heterocycles. The SMILES string of the molecule is COC(=O)C(CC#N)C[N+](=O)[O-]. The third-order valence-corrected chi connectivity index (χ3v) is 1.24. The van der Waals surface area contributed by atoms with Crippen molar-refractivity contribution >= 4 is 5.97 Å². The lowest BCUT2D eigenvalue weighted by atomic mass is 10.1. The van der Waals surface area contributed by atoms with Crippen molar-refractivity contribution in [2.75, 3.05) is 13.7 Å². The average Bonchev–Trinajstić information content (AvgIpc) is 2.01. The van der Waals surface area contributed by atoms with Gasteiger partial charge in [0.25, 0.3) is 0 Å². The van der Waals surface area contributed by atoms with E-state index in [-0.39, 0.29) is 6.42 Å². The molecule has 0 aliphatic carbocycles. The molecule has 66 valence electrons. The Balaban J connectivity index is 4.14. The molecule has 0 saturated carbocycles. The summed E-state index contributed by atoms with van der Waals surface area (Å²) in [5.74, 6) is -1.66. The molecule has 0 aromatic rings. The Hall–Kier alpha value is -1.64. The fourth-order valence-corrected chi connectivity index (χ4v) is 0.679. The van der Waals surface area contributed by atoms with E-state index in [4.69, 9.17) is 5.26 Å². The van der Waals surface area contributed by atoms with E-state index in [0.717, 1.165) is 7.11 Å². The number of nitro groups is 1. The van der Waals surface area contributed by atoms with Crippen LogP contribution < -0.4 is 0 Å². The summed E-state index contributed by atoms with van der Waals surface area (Å²) in [5, 5.41) is 18.2. The molecule has 0 aliphatic heterocycles. The Bertz CT molecular complexity index is 220. The van der Waals surface area contributed by atoms with Gasteiger partial charge in [0.15, 0.2) is 0 Å². The lowest BCUT2D eigenvalue weighted by molar-refractivity contribution is -0.485. The summed E-state index contributed by atoms with van der Waals surface area (Å²) in [7, 11) is 1.13. The molecule has 0 N–H and O–H groups in total. The fraction of sp³-hybridized carbons (Fsp3) is 0.667. The summed E-state index contributed by atoms with van der Waals surface area (Å²) in [6, 6.07) is 1.68. The maximum atomic E-state index is 10.8. The molecule has 0 aromatic carbocycles. The van der Waals surface area contributed by atoms with Gasteiger partial charge in [0.1, 0.15) is 5.92 Å². The van der Waals surface area contributed by atoms with Gasteiger partial charge in [0, 0.05) is 4.92 Å². The zero-order chi connectivity index (χ0) is 9.56. The quantitative estimate of drug-likeness (QED) is 0.337. The number of hydrogen-bond acceptors (Lipinski definition) is 5. The van der Waals surface area contributed by atoms with Crippen molar-refractivity contribution in [3.05, 3.63) is 10.1 Å². The second-order valence-corrected chi connectivity index (χ2v) is 2.10. The number of hydrogen-bond donors (Lipinski definition) is 0. The fourth-order valence-electron chi connectivity index (χ4n) is 0.679. The lowest BCUT2D eigenvalue weighted by Crippen LogP contribution is -2.23. The molecule has 0 bridgehead atoms. The molecule has 1 atom stereocenters. The molecule has 0 spiro atoms. The van der Waals surface area contributed by atoms with E-state index in [1.54, 1.807) is 6.07 Å². The molecule has 1 unspecified atom stereocenters. The molecular weight excluding hydrogens is 164 g/mol. The minimum Gasteiger partial charge on any atom is -0.469 e. The molecule has 0 heterocycles. The van der Waals surface area contributed by atoms with Crippen molar-refractivity contribution in [1.82, 2.24) is 0 Å². The highest BCUT2D eigenvalue weighted by Crippen LogP contribution is 2.04. The van der Waals surface area contributed by atoms with Crippen molar-refractivity contribution in [3.8, 4) is 6.07 Å². The summed E-state index contributed by atoms with van der Waals surface area (Å²) in [6.45, 7) is -0.555. The number of nitrogens with zero attached hydrogens (tertiary/aromatic N) is 2. The van der Waals surface area contributed by atoms with Crippen molar-refractivity contribution < 1.29 is 14.5 Å². The van der Waals surface area contributed by atoms with Crippen LogP contribution in [0.4, 0.5) is 0 Å². The van der Waals surface area contributed by atoms with E-state index in [2.05, 4.69) is 4.74 Å². The number of carbonyl (C=O) groups excluding carboxylic acids is 1. The van der Waals surface area contributed by atoms with Gasteiger partial charge in [-0.2, -0.15) is 5.26 Å². The maximum Gasteiger partial charge on any atom is 0.316 e. The summed E-state index contributed by atoms with van der Waals surface area (Å²) in [4.78, 5) is 20.1. The van der Waals surface area contributed by atoms with Gasteiger partial charge in [-0.25, -0.2) is 0 Å². The van der Waals surface area contributed by atoms with Crippen molar-refractivity contribution in [2.45, 2.75) is 6.42 Å². The Kier molecular flexibility index (Phi) is 4.38. The third kappa shape index (κ3) is 3.51. The standard InChI is InChI=1S/C6H8N2O4/c1-12-6(9)5(2-3-7)4-8(10)11/h5H,2,4H2,1H3. The van der Waals surface area contributed by atoms with Crippen LogP contribution >= 0.6 is 0 Å². The summed E-state index contributed by atoms with van der Waals surface area (Å²) >= 11 is 0. The predicted molar refractivity (Wildman–Crippen MR) is 37.6 cm³/mol. The van der Waals surface area contributed by atoms with E-state index < -0.39 is 23.4 Å². The highest BCUT2D eigenvalue weighted by Gasteiger charge is 2.24. The number of carbonyl (C=O) groups is 1. The normalized spacial score (nSPS) is 11.3. The van der Waals surface area contributed by atoms with Gasteiger partial charge in [-0.15, -0.1) is 0 Å². The largest absolute Gasteiger partial charge is 0.469 e. The van der Waals surface area contributed by atoms with Gasteiger partial charge in [-0.05, 0) is 0 Å². The maximum absolute atomic E-state index is 10.8. The highest BCUT2D eigenvalue weighted by molar-refractivity contribution is 5.72. The Morgan fingerprint density at radius 2 is 2.42 bits per heavy atom. The van der Waals surface area contributed by atoms with Gasteiger partial charge in [-0.1, -0.05) is 0 Å². The van der Waals surface area contributed by atoms with Crippen LogP contribution in [0, 0.1) is 27.4 Å². The molecule has 0 fully saturated rings. The molecule has 0 amide bonds. The molecular formula is C6H8N2O4. The van der Waals surface area contributed by atoms with E-state index in [1.165, 1.54) is 0 Å². The number of nitriles is 1. The first-order valence-electron chi connectivity index (χ1n) is 3.18. The second-order valence-electron chi connectivity index (χ2n) is 2.10. The van der Waals surface area contributed by atoms with E-state index in [0.29, 0.717) is 0 Å². The minimum atomic E-state index is -0.949. The molecule has 12 heavy (non-hydrogen) atoms. The Morgan fingerprint density at radius 3 is 2.75 bits per heavy atom. The molecule has 6 heteroatoms. The summed E-state index contributed by atoms with van der Waals surface area (Å²) < 4.78 is 4.27. The van der Waals surface area contributed by atoms with Crippen molar-refractivity contribution in [2.24, 2.45) is 5.92 Å². The van der Waals surface area contributed by atoms with Crippen LogP contribution in [-0.2, 0) is 9.53 Å². The zero-order valence-corrected chi connectivity index (χ0v) is 6.52. The predicted octanol–water partition coefficient (Wildman–Crippen LogP) is -0.0340. The molecule has 0 radical (unpaired) electrons. The number of rotatable bonds is 4. The molecule has 0 aliphatic rings. The van der Waals surface area contributed by atoms with Gasteiger partial charge < -0.3 is 4.74 Å². The second kappa shape index (κ2) is 5.07. The van der Waals surface area contributed by atoms with Crippen LogP contribution in [0.25, 0.3) is 0 Å². The van der Waals surface area contributed by atoms with Crippen LogP contribution in [0.1, 0.15) is 6.42 Å². The first kappa shape index (κ1) is 10.4. The summed E-state index contributed by atoms with van der Waals surface area (Å²) in [5.41, 5.74) is 0. The Morgan fingerprint density at radius 1 is 1.83 bits per heavy atom. The van der Waals surface area contributed by atoms with E-state index in [9.17, 15) is 14.9 Å². The number of methoxy groups -OCH3 is 1. The van der Waals surface area contributed by atoms with Crippen molar-refractivity contribution in [1.29, 1.82) is 5.26 Å². The molecule has 6 nitrogen and oxygen atoms in total. The highest BCUT2D eigenvalue weighted by atomic mass is 16.6.